The maximum atomic E-state index is 12.9. The maximum absolute atomic E-state index is 12.9. The highest BCUT2D eigenvalue weighted by molar-refractivity contribution is 5.99. The van der Waals surface area contributed by atoms with Crippen molar-refractivity contribution >= 4 is 11.8 Å². The molecule has 1 aliphatic carbocycles. The third-order valence-corrected chi connectivity index (χ3v) is 6.17. The fourth-order valence-corrected chi connectivity index (χ4v) is 4.12. The van der Waals surface area contributed by atoms with E-state index < -0.39 is 11.5 Å². The van der Waals surface area contributed by atoms with Crippen molar-refractivity contribution in [3.05, 3.63) is 69.6 Å². The average molecular weight is 439 g/mol. The number of nitrogens with one attached hydrogen (secondary N) is 2. The number of amides is 2. The van der Waals surface area contributed by atoms with Gasteiger partial charge in [0.15, 0.2) is 0 Å². The molecule has 170 valence electrons. The van der Waals surface area contributed by atoms with Gasteiger partial charge in [-0.1, -0.05) is 30.3 Å². The summed E-state index contributed by atoms with van der Waals surface area (Å²) < 4.78 is 6.81. The highest BCUT2D eigenvalue weighted by Crippen LogP contribution is 2.34. The summed E-state index contributed by atoms with van der Waals surface area (Å²) in [6.07, 6.45) is 3.55. The first-order chi connectivity index (χ1) is 15.5. The monoisotopic (exact) mass is 438 g/mol. The molecule has 2 atom stereocenters. The van der Waals surface area contributed by atoms with E-state index in [-0.39, 0.29) is 24.1 Å². The van der Waals surface area contributed by atoms with Crippen LogP contribution in [0.5, 0.6) is 0 Å². The molecule has 0 radical (unpaired) electrons. The molecule has 2 aliphatic rings. The Morgan fingerprint density at radius 2 is 1.88 bits per heavy atom. The van der Waals surface area contributed by atoms with Crippen LogP contribution in [0.4, 0.5) is 0 Å². The average Bonchev–Trinajstić information content (AvgIpc) is 3.57. The summed E-state index contributed by atoms with van der Waals surface area (Å²) in [4.78, 5) is 40.4. The highest BCUT2D eigenvalue weighted by atomic mass is 16.5. The van der Waals surface area contributed by atoms with Gasteiger partial charge in [0.25, 0.3) is 17.4 Å². The molecule has 2 heterocycles. The smallest absolute Gasteiger partial charge is 0.263 e. The predicted octanol–water partition coefficient (Wildman–Crippen LogP) is 1.10. The van der Waals surface area contributed by atoms with Gasteiger partial charge in [0, 0.05) is 32.4 Å². The molecule has 2 amide bonds. The number of rotatable bonds is 8. The van der Waals surface area contributed by atoms with Crippen molar-refractivity contribution in [3.63, 3.8) is 0 Å². The summed E-state index contributed by atoms with van der Waals surface area (Å²) >= 11 is 0. The SMILES string of the molecule is CNC(=O)c1cc(C(=O)NC2C[C@@H]2CCN2CCOCC2)cn(Cc2ccccc2)c1=O. The van der Waals surface area contributed by atoms with Crippen LogP contribution in [0.2, 0.25) is 0 Å². The van der Waals surface area contributed by atoms with E-state index in [1.807, 2.05) is 30.3 Å². The minimum absolute atomic E-state index is 0.0317. The molecular weight excluding hydrogens is 408 g/mol. The summed E-state index contributed by atoms with van der Waals surface area (Å²) in [5.74, 6) is -0.285. The summed E-state index contributed by atoms with van der Waals surface area (Å²) in [6.45, 7) is 4.82. The van der Waals surface area contributed by atoms with Crippen LogP contribution in [0.15, 0.2) is 47.4 Å². The highest BCUT2D eigenvalue weighted by Gasteiger charge is 2.38. The topological polar surface area (TPSA) is 92.7 Å². The van der Waals surface area contributed by atoms with Gasteiger partial charge in [-0.25, -0.2) is 0 Å². The van der Waals surface area contributed by atoms with E-state index in [2.05, 4.69) is 15.5 Å². The van der Waals surface area contributed by atoms with E-state index >= 15 is 0 Å². The lowest BCUT2D eigenvalue weighted by Crippen LogP contribution is -2.37. The molecule has 1 aliphatic heterocycles. The standard InChI is InChI=1S/C24H30N4O4/c1-25-23(30)20-13-19(16-28(24(20)31)15-17-5-3-2-4-6-17)22(29)26-21-14-18(21)7-8-27-9-11-32-12-10-27/h2-6,13,16,18,21H,7-12,14-15H2,1H3,(H,25,30)(H,26,29)/t18-,21?/m0/s1. The van der Waals surface area contributed by atoms with Crippen LogP contribution < -0.4 is 16.2 Å². The third kappa shape index (κ3) is 5.44. The Morgan fingerprint density at radius 1 is 1.12 bits per heavy atom. The summed E-state index contributed by atoms with van der Waals surface area (Å²) in [5, 5.41) is 5.56. The Morgan fingerprint density at radius 3 is 2.59 bits per heavy atom. The van der Waals surface area contributed by atoms with Crippen molar-refractivity contribution in [2.45, 2.75) is 25.4 Å². The number of morpholine rings is 1. The van der Waals surface area contributed by atoms with Crippen LogP contribution >= 0.6 is 0 Å². The third-order valence-electron chi connectivity index (χ3n) is 6.17. The lowest BCUT2D eigenvalue weighted by molar-refractivity contribution is 0.0367. The fourth-order valence-electron chi connectivity index (χ4n) is 4.12. The molecule has 0 spiro atoms. The number of hydrogen-bond donors (Lipinski definition) is 2. The first-order valence-corrected chi connectivity index (χ1v) is 11.2. The van der Waals surface area contributed by atoms with Crippen LogP contribution in [0.1, 0.15) is 39.1 Å². The Labute approximate surface area is 187 Å². The number of carbonyl (C=O) groups excluding carboxylic acids is 2. The number of benzene rings is 1. The van der Waals surface area contributed by atoms with E-state index in [9.17, 15) is 14.4 Å². The van der Waals surface area contributed by atoms with Crippen molar-refractivity contribution in [2.24, 2.45) is 5.92 Å². The Bertz CT molecular complexity index is 1010. The van der Waals surface area contributed by atoms with Gasteiger partial charge in [0.1, 0.15) is 5.56 Å². The van der Waals surface area contributed by atoms with E-state index in [1.54, 1.807) is 6.20 Å². The van der Waals surface area contributed by atoms with Crippen LogP contribution in [-0.2, 0) is 11.3 Å². The number of hydrogen-bond acceptors (Lipinski definition) is 5. The van der Waals surface area contributed by atoms with Crippen molar-refractivity contribution in [1.29, 1.82) is 0 Å². The van der Waals surface area contributed by atoms with Gasteiger partial charge in [-0.3, -0.25) is 19.3 Å². The molecule has 8 heteroatoms. The molecular formula is C24H30N4O4. The minimum atomic E-state index is -0.499. The Balaban J connectivity index is 1.43. The van der Waals surface area contributed by atoms with E-state index in [4.69, 9.17) is 4.74 Å². The molecule has 8 nitrogen and oxygen atoms in total. The maximum Gasteiger partial charge on any atom is 0.263 e. The molecule has 2 N–H and O–H groups in total. The van der Waals surface area contributed by atoms with Gasteiger partial charge < -0.3 is 19.9 Å². The number of pyridine rings is 1. The molecule has 4 rings (SSSR count). The lowest BCUT2D eigenvalue weighted by atomic mass is 10.1. The summed E-state index contributed by atoms with van der Waals surface area (Å²) in [5.41, 5.74) is 0.786. The number of ether oxygens (including phenoxy) is 1. The number of nitrogens with zero attached hydrogens (tertiary/aromatic N) is 2. The number of aromatic nitrogens is 1. The zero-order valence-corrected chi connectivity index (χ0v) is 18.4. The molecule has 2 fully saturated rings. The first kappa shape index (κ1) is 22.2. The molecule has 2 aromatic rings. The van der Waals surface area contributed by atoms with Crippen molar-refractivity contribution in [1.82, 2.24) is 20.1 Å². The molecule has 1 aromatic heterocycles. The molecule has 1 saturated heterocycles. The molecule has 32 heavy (non-hydrogen) atoms. The lowest BCUT2D eigenvalue weighted by Gasteiger charge is -2.26. The minimum Gasteiger partial charge on any atom is -0.379 e. The zero-order chi connectivity index (χ0) is 22.5. The second-order valence-electron chi connectivity index (χ2n) is 8.46. The molecule has 0 bridgehead atoms. The van der Waals surface area contributed by atoms with Gasteiger partial charge in [-0.2, -0.15) is 0 Å². The van der Waals surface area contributed by atoms with Gasteiger partial charge in [-0.15, -0.1) is 0 Å². The van der Waals surface area contributed by atoms with Gasteiger partial charge in [-0.05, 0) is 36.9 Å². The van der Waals surface area contributed by atoms with Crippen molar-refractivity contribution in [3.8, 4) is 0 Å². The summed E-state index contributed by atoms with van der Waals surface area (Å²) in [6, 6.07) is 11.0. The van der Waals surface area contributed by atoms with Gasteiger partial charge in [0.05, 0.1) is 25.3 Å². The predicted molar refractivity (Wildman–Crippen MR) is 121 cm³/mol. The fraction of sp³-hybridized carbons (Fsp3) is 0.458. The molecule has 1 unspecified atom stereocenters. The van der Waals surface area contributed by atoms with Crippen LogP contribution in [0, 0.1) is 5.92 Å². The van der Waals surface area contributed by atoms with Gasteiger partial charge >= 0.3 is 0 Å². The van der Waals surface area contributed by atoms with Crippen molar-refractivity contribution < 1.29 is 14.3 Å². The Kier molecular flexibility index (Phi) is 7.02. The largest absolute Gasteiger partial charge is 0.379 e. The quantitative estimate of drug-likeness (QED) is 0.644. The Hall–Kier alpha value is -2.97. The second kappa shape index (κ2) is 10.1. The van der Waals surface area contributed by atoms with Crippen LogP contribution in [0.3, 0.4) is 0 Å². The summed E-state index contributed by atoms with van der Waals surface area (Å²) in [7, 11) is 1.47. The second-order valence-corrected chi connectivity index (χ2v) is 8.46. The molecule has 1 saturated carbocycles. The zero-order valence-electron chi connectivity index (χ0n) is 18.4. The first-order valence-electron chi connectivity index (χ1n) is 11.2. The van der Waals surface area contributed by atoms with Crippen LogP contribution in [-0.4, -0.2) is 67.2 Å². The van der Waals surface area contributed by atoms with Crippen molar-refractivity contribution in [2.75, 3.05) is 39.9 Å². The molecule has 1 aromatic carbocycles. The van der Waals surface area contributed by atoms with Gasteiger partial charge in [0.2, 0.25) is 0 Å². The van der Waals surface area contributed by atoms with Crippen LogP contribution in [0.25, 0.3) is 0 Å². The van der Waals surface area contributed by atoms with E-state index in [0.29, 0.717) is 11.5 Å². The van der Waals surface area contributed by atoms with E-state index in [0.717, 1.165) is 51.3 Å². The number of carbonyl (C=O) groups is 2. The van der Waals surface area contributed by atoms with E-state index in [1.165, 1.54) is 17.7 Å². The normalized spacial score (nSPS) is 20.5.